The lowest BCUT2D eigenvalue weighted by Gasteiger charge is -2.03. The molecule has 4 heteroatoms. The first kappa shape index (κ1) is 17.7. The summed E-state index contributed by atoms with van der Waals surface area (Å²) in [6, 6.07) is 0. The van der Waals surface area contributed by atoms with Crippen LogP contribution in [0.5, 0.6) is 0 Å². The number of amides is 1. The van der Waals surface area contributed by atoms with Crippen molar-refractivity contribution < 1.29 is 4.79 Å². The van der Waals surface area contributed by atoms with Crippen LogP contribution < -0.4 is 5.32 Å². The van der Waals surface area contributed by atoms with Crippen LogP contribution in [0.1, 0.15) is 76.7 Å². The maximum absolute atomic E-state index is 11.0. The molecule has 4 nitrogen and oxygen atoms in total. The molecule has 0 fully saturated rings. The van der Waals surface area contributed by atoms with E-state index < -0.39 is 0 Å². The van der Waals surface area contributed by atoms with Gasteiger partial charge in [-0.3, -0.25) is 9.48 Å². The molecular formula is C17H31N3O. The number of nitrogens with one attached hydrogen (secondary N) is 1. The third-order valence-corrected chi connectivity index (χ3v) is 3.89. The van der Waals surface area contributed by atoms with E-state index in [2.05, 4.69) is 35.1 Å². The van der Waals surface area contributed by atoms with Crippen molar-refractivity contribution in [1.29, 1.82) is 0 Å². The van der Waals surface area contributed by atoms with Crippen molar-refractivity contribution in [3.63, 3.8) is 0 Å². The molecule has 0 aliphatic rings. The molecule has 0 aliphatic carbocycles. The Morgan fingerprint density at radius 2 is 1.76 bits per heavy atom. The number of carbonyl (C=O) groups excluding carboxylic acids is 1. The number of nitrogens with zero attached hydrogens (tertiary/aromatic N) is 2. The van der Waals surface area contributed by atoms with Crippen molar-refractivity contribution in [2.75, 3.05) is 7.05 Å². The first-order valence-electron chi connectivity index (χ1n) is 8.36. The number of rotatable bonds is 11. The first-order valence-corrected chi connectivity index (χ1v) is 8.36. The van der Waals surface area contributed by atoms with Crippen LogP contribution in [0, 0.1) is 0 Å². The van der Waals surface area contributed by atoms with Gasteiger partial charge in [0.2, 0.25) is 5.91 Å². The van der Waals surface area contributed by atoms with Gasteiger partial charge in [0.15, 0.2) is 0 Å². The monoisotopic (exact) mass is 293 g/mol. The average Bonchev–Trinajstić information content (AvgIpc) is 2.94. The van der Waals surface area contributed by atoms with Crippen molar-refractivity contribution in [3.8, 4) is 0 Å². The van der Waals surface area contributed by atoms with Crippen molar-refractivity contribution in [2.24, 2.45) is 0 Å². The molecule has 1 aromatic heterocycles. The van der Waals surface area contributed by atoms with E-state index in [-0.39, 0.29) is 5.91 Å². The summed E-state index contributed by atoms with van der Waals surface area (Å²) in [5.74, 6) is 0.725. The summed E-state index contributed by atoms with van der Waals surface area (Å²) in [4.78, 5) is 11.0. The highest BCUT2D eigenvalue weighted by Gasteiger charge is 2.02. The van der Waals surface area contributed by atoms with Gasteiger partial charge in [-0.25, -0.2) is 0 Å². The van der Waals surface area contributed by atoms with E-state index in [1.807, 2.05) is 6.20 Å². The van der Waals surface area contributed by atoms with Gasteiger partial charge >= 0.3 is 0 Å². The molecule has 0 spiro atoms. The predicted molar refractivity (Wildman–Crippen MR) is 87.3 cm³/mol. The topological polar surface area (TPSA) is 46.9 Å². The minimum absolute atomic E-state index is 0.162. The van der Waals surface area contributed by atoms with E-state index in [1.54, 1.807) is 7.05 Å². The lowest BCUT2D eigenvalue weighted by molar-refractivity contribution is -0.120. The van der Waals surface area contributed by atoms with Gasteiger partial charge in [-0.2, -0.15) is 5.10 Å². The molecule has 1 N–H and O–H groups in total. The molecule has 0 aliphatic heterocycles. The second-order valence-corrected chi connectivity index (χ2v) is 6.09. The highest BCUT2D eigenvalue weighted by Crippen LogP contribution is 2.13. The van der Waals surface area contributed by atoms with Gasteiger partial charge in [-0.15, -0.1) is 0 Å². The predicted octanol–water partition coefficient (Wildman–Crippen LogP) is 3.87. The SMILES string of the molecule is CNC(=O)CCCCCCCCCn1cc(C(C)C)cn1. The van der Waals surface area contributed by atoms with E-state index in [4.69, 9.17) is 0 Å². The van der Waals surface area contributed by atoms with Gasteiger partial charge in [0.05, 0.1) is 6.20 Å². The van der Waals surface area contributed by atoms with Crippen molar-refractivity contribution in [2.45, 2.75) is 77.7 Å². The van der Waals surface area contributed by atoms with Gasteiger partial charge in [0.25, 0.3) is 0 Å². The minimum atomic E-state index is 0.162. The Hall–Kier alpha value is -1.32. The molecule has 0 bridgehead atoms. The number of hydrogen-bond acceptors (Lipinski definition) is 2. The number of carbonyl (C=O) groups is 1. The molecule has 0 saturated carbocycles. The molecule has 0 atom stereocenters. The fourth-order valence-electron chi connectivity index (χ4n) is 2.37. The Morgan fingerprint density at radius 3 is 2.33 bits per heavy atom. The Kier molecular flexibility index (Phi) is 8.79. The Bertz CT molecular complexity index is 398. The quantitative estimate of drug-likeness (QED) is 0.629. The van der Waals surface area contributed by atoms with Gasteiger partial charge in [0, 0.05) is 26.2 Å². The number of aryl methyl sites for hydroxylation is 1. The lowest BCUT2D eigenvalue weighted by Crippen LogP contribution is -2.16. The summed E-state index contributed by atoms with van der Waals surface area (Å²) in [5.41, 5.74) is 1.33. The zero-order valence-electron chi connectivity index (χ0n) is 13.9. The molecule has 21 heavy (non-hydrogen) atoms. The third kappa shape index (κ3) is 7.88. The summed E-state index contributed by atoms with van der Waals surface area (Å²) >= 11 is 0. The van der Waals surface area contributed by atoms with Crippen LogP contribution >= 0.6 is 0 Å². The van der Waals surface area contributed by atoms with Crippen molar-refractivity contribution in [1.82, 2.24) is 15.1 Å². The third-order valence-electron chi connectivity index (χ3n) is 3.89. The molecule has 1 heterocycles. The second kappa shape index (κ2) is 10.4. The fraction of sp³-hybridized carbons (Fsp3) is 0.765. The van der Waals surface area contributed by atoms with E-state index in [0.29, 0.717) is 12.3 Å². The zero-order valence-corrected chi connectivity index (χ0v) is 13.9. The van der Waals surface area contributed by atoms with E-state index >= 15 is 0 Å². The molecule has 0 radical (unpaired) electrons. The summed E-state index contributed by atoms with van der Waals surface area (Å²) < 4.78 is 2.07. The molecule has 1 aromatic rings. The average molecular weight is 293 g/mol. The summed E-state index contributed by atoms with van der Waals surface area (Å²) in [6.45, 7) is 5.43. The summed E-state index contributed by atoms with van der Waals surface area (Å²) in [5, 5.41) is 7.06. The van der Waals surface area contributed by atoms with Crippen LogP contribution in [-0.2, 0) is 11.3 Å². The molecular weight excluding hydrogens is 262 g/mol. The maximum Gasteiger partial charge on any atom is 0.219 e. The van der Waals surface area contributed by atoms with E-state index in [1.165, 1.54) is 44.1 Å². The molecule has 0 saturated heterocycles. The van der Waals surface area contributed by atoms with Crippen molar-refractivity contribution in [3.05, 3.63) is 18.0 Å². The molecule has 120 valence electrons. The lowest BCUT2D eigenvalue weighted by atomic mass is 10.1. The van der Waals surface area contributed by atoms with Crippen LogP contribution in [0.25, 0.3) is 0 Å². The Balaban J connectivity index is 1.93. The zero-order chi connectivity index (χ0) is 15.5. The number of unbranched alkanes of at least 4 members (excludes halogenated alkanes) is 6. The largest absolute Gasteiger partial charge is 0.359 e. The van der Waals surface area contributed by atoms with Crippen LogP contribution in [0.3, 0.4) is 0 Å². The summed E-state index contributed by atoms with van der Waals surface area (Å²) in [6.07, 6.45) is 13.3. The molecule has 1 rings (SSSR count). The first-order chi connectivity index (χ1) is 10.1. The molecule has 0 aromatic carbocycles. The number of aromatic nitrogens is 2. The number of hydrogen-bond donors (Lipinski definition) is 1. The van der Waals surface area contributed by atoms with Gasteiger partial charge in [-0.1, -0.05) is 46.0 Å². The Labute approximate surface area is 129 Å². The molecule has 1 amide bonds. The van der Waals surface area contributed by atoms with Crippen LogP contribution in [-0.4, -0.2) is 22.7 Å². The highest BCUT2D eigenvalue weighted by atomic mass is 16.1. The molecule has 0 unspecified atom stereocenters. The van der Waals surface area contributed by atoms with E-state index in [9.17, 15) is 4.79 Å². The van der Waals surface area contributed by atoms with Crippen LogP contribution in [0.2, 0.25) is 0 Å². The van der Waals surface area contributed by atoms with Gasteiger partial charge in [-0.05, 0) is 24.3 Å². The smallest absolute Gasteiger partial charge is 0.219 e. The van der Waals surface area contributed by atoms with Crippen LogP contribution in [0.15, 0.2) is 12.4 Å². The minimum Gasteiger partial charge on any atom is -0.359 e. The highest BCUT2D eigenvalue weighted by molar-refractivity contribution is 5.75. The van der Waals surface area contributed by atoms with Gasteiger partial charge in [0.1, 0.15) is 0 Å². The maximum atomic E-state index is 11.0. The normalized spacial score (nSPS) is 11.0. The van der Waals surface area contributed by atoms with Gasteiger partial charge < -0.3 is 5.32 Å². The standard InChI is InChI=1S/C17H31N3O/c1-15(2)16-13-19-20(14-16)12-10-8-6-4-5-7-9-11-17(21)18-3/h13-15H,4-12H2,1-3H3,(H,18,21). The van der Waals surface area contributed by atoms with E-state index in [0.717, 1.165) is 13.0 Å². The van der Waals surface area contributed by atoms with Crippen LogP contribution in [0.4, 0.5) is 0 Å². The Morgan fingerprint density at radius 1 is 1.14 bits per heavy atom. The summed E-state index contributed by atoms with van der Waals surface area (Å²) in [7, 11) is 1.70. The fourth-order valence-corrected chi connectivity index (χ4v) is 2.37. The second-order valence-electron chi connectivity index (χ2n) is 6.09. The van der Waals surface area contributed by atoms with Crippen molar-refractivity contribution >= 4 is 5.91 Å².